The number of nitrogens with zero attached hydrogens (tertiary/aromatic N) is 1. The van der Waals surface area contributed by atoms with Gasteiger partial charge in [-0.2, -0.15) is 0 Å². The maximum Gasteiger partial charge on any atom is 0.443 e. The van der Waals surface area contributed by atoms with Crippen LogP contribution in [0.25, 0.3) is 0 Å². The van der Waals surface area contributed by atoms with Crippen LogP contribution < -0.4 is 4.84 Å². The van der Waals surface area contributed by atoms with E-state index in [9.17, 15) is 4.79 Å². The van der Waals surface area contributed by atoms with Crippen molar-refractivity contribution in [3.63, 3.8) is 0 Å². The zero-order valence-corrected chi connectivity index (χ0v) is 11.0. The van der Waals surface area contributed by atoms with Gasteiger partial charge in [0.1, 0.15) is 12.6 Å². The highest BCUT2D eigenvalue weighted by Crippen LogP contribution is 2.18. The fraction of sp³-hybridized carbons (Fsp3) is 0.364. The standard InChI is InChI=1S/C11H12INO3/c1-8-2-4-9(5-3-8)16-13-7-10(6-12)15-11(13)14/h2-5,10H,6-7H2,1H3. The van der Waals surface area contributed by atoms with Gasteiger partial charge in [-0.25, -0.2) is 4.79 Å². The zero-order valence-electron chi connectivity index (χ0n) is 8.85. The maximum atomic E-state index is 11.4. The predicted octanol–water partition coefficient (Wildman–Crippen LogP) is 2.54. The quantitative estimate of drug-likeness (QED) is 0.630. The molecule has 1 amide bonds. The molecule has 0 aromatic heterocycles. The minimum Gasteiger partial charge on any atom is -0.441 e. The van der Waals surface area contributed by atoms with Gasteiger partial charge < -0.3 is 9.57 Å². The Bertz CT molecular complexity index is 379. The molecule has 4 nitrogen and oxygen atoms in total. The van der Waals surface area contributed by atoms with Gasteiger partial charge in [-0.05, 0) is 19.1 Å². The summed E-state index contributed by atoms with van der Waals surface area (Å²) >= 11 is 2.19. The first-order valence-corrected chi connectivity index (χ1v) is 6.50. The lowest BCUT2D eigenvalue weighted by molar-refractivity contribution is -0.00136. The molecular formula is C11H12INO3. The molecule has 86 valence electrons. The fourth-order valence-corrected chi connectivity index (χ4v) is 1.84. The Morgan fingerprint density at radius 1 is 1.50 bits per heavy atom. The molecule has 5 heteroatoms. The lowest BCUT2D eigenvalue weighted by atomic mass is 10.2. The monoisotopic (exact) mass is 333 g/mol. The van der Waals surface area contributed by atoms with Gasteiger partial charge >= 0.3 is 6.09 Å². The number of aryl methyl sites for hydroxylation is 1. The summed E-state index contributed by atoms with van der Waals surface area (Å²) < 4.78 is 5.85. The number of carbonyl (C=O) groups excluding carboxylic acids is 1. The molecule has 1 atom stereocenters. The van der Waals surface area contributed by atoms with Crippen molar-refractivity contribution in [1.29, 1.82) is 0 Å². The molecule has 1 aromatic carbocycles. The van der Waals surface area contributed by atoms with E-state index in [0.717, 1.165) is 9.99 Å². The molecule has 2 rings (SSSR count). The van der Waals surface area contributed by atoms with Crippen LogP contribution in [0.15, 0.2) is 24.3 Å². The van der Waals surface area contributed by atoms with Crippen LogP contribution in [0.3, 0.4) is 0 Å². The van der Waals surface area contributed by atoms with Crippen LogP contribution in [0.5, 0.6) is 5.75 Å². The Morgan fingerprint density at radius 2 is 2.19 bits per heavy atom. The zero-order chi connectivity index (χ0) is 11.5. The van der Waals surface area contributed by atoms with E-state index in [1.807, 2.05) is 31.2 Å². The fourth-order valence-electron chi connectivity index (χ4n) is 1.38. The Hall–Kier alpha value is -0.980. The van der Waals surface area contributed by atoms with Crippen molar-refractivity contribution < 1.29 is 14.4 Å². The first-order chi connectivity index (χ1) is 7.69. The topological polar surface area (TPSA) is 38.8 Å². The Balaban J connectivity index is 2.00. The van der Waals surface area contributed by atoms with Crippen molar-refractivity contribution in [3.05, 3.63) is 29.8 Å². The number of alkyl halides is 1. The lowest BCUT2D eigenvalue weighted by Gasteiger charge is -2.13. The van der Waals surface area contributed by atoms with E-state index in [4.69, 9.17) is 9.57 Å². The molecule has 1 unspecified atom stereocenters. The number of rotatable bonds is 3. The van der Waals surface area contributed by atoms with Crippen molar-refractivity contribution in [1.82, 2.24) is 5.06 Å². The number of ether oxygens (including phenoxy) is 1. The number of amides is 1. The average molecular weight is 333 g/mol. The first kappa shape index (κ1) is 11.5. The Kier molecular flexibility index (Phi) is 3.52. The van der Waals surface area contributed by atoms with Gasteiger partial charge in [-0.15, -0.1) is 5.06 Å². The van der Waals surface area contributed by atoms with Gasteiger partial charge in [-0.1, -0.05) is 40.3 Å². The van der Waals surface area contributed by atoms with Crippen LogP contribution in [0.1, 0.15) is 5.56 Å². The predicted molar refractivity (Wildman–Crippen MR) is 67.7 cm³/mol. The average Bonchev–Trinajstić information content (AvgIpc) is 2.63. The summed E-state index contributed by atoms with van der Waals surface area (Å²) in [6, 6.07) is 7.54. The second-order valence-electron chi connectivity index (χ2n) is 3.63. The van der Waals surface area contributed by atoms with Crippen molar-refractivity contribution in [2.24, 2.45) is 0 Å². The van der Waals surface area contributed by atoms with Crippen LogP contribution in [0, 0.1) is 6.92 Å². The SMILES string of the molecule is Cc1ccc(ON2CC(CI)OC2=O)cc1. The van der Waals surface area contributed by atoms with Crippen LogP contribution in [-0.4, -0.2) is 28.2 Å². The molecule has 0 bridgehead atoms. The molecule has 1 aromatic rings. The molecule has 16 heavy (non-hydrogen) atoms. The number of hydrogen-bond donors (Lipinski definition) is 0. The van der Waals surface area contributed by atoms with E-state index in [2.05, 4.69) is 22.6 Å². The third kappa shape index (κ3) is 2.58. The molecular weight excluding hydrogens is 321 g/mol. The van der Waals surface area contributed by atoms with Gasteiger partial charge in [0.05, 0.1) is 0 Å². The summed E-state index contributed by atoms with van der Waals surface area (Å²) in [6.45, 7) is 2.48. The second kappa shape index (κ2) is 4.90. The minimum absolute atomic E-state index is 0.0708. The van der Waals surface area contributed by atoms with Crippen LogP contribution in [0.4, 0.5) is 4.79 Å². The van der Waals surface area contributed by atoms with E-state index in [0.29, 0.717) is 12.3 Å². The van der Waals surface area contributed by atoms with Gasteiger partial charge in [0.25, 0.3) is 0 Å². The summed E-state index contributed by atoms with van der Waals surface area (Å²) in [6.07, 6.45) is -0.485. The van der Waals surface area contributed by atoms with Crippen molar-refractivity contribution in [3.8, 4) is 5.75 Å². The van der Waals surface area contributed by atoms with E-state index < -0.39 is 6.09 Å². The summed E-state index contributed by atoms with van der Waals surface area (Å²) in [7, 11) is 0. The third-order valence-corrected chi connectivity index (χ3v) is 3.23. The second-order valence-corrected chi connectivity index (χ2v) is 4.51. The van der Waals surface area contributed by atoms with E-state index in [1.165, 1.54) is 5.06 Å². The van der Waals surface area contributed by atoms with Crippen LogP contribution >= 0.6 is 22.6 Å². The molecule has 0 radical (unpaired) electrons. The number of benzene rings is 1. The molecule has 0 spiro atoms. The van der Waals surface area contributed by atoms with Gasteiger partial charge in [0.2, 0.25) is 0 Å². The molecule has 0 saturated carbocycles. The highest BCUT2D eigenvalue weighted by Gasteiger charge is 2.32. The van der Waals surface area contributed by atoms with Crippen LogP contribution in [-0.2, 0) is 4.74 Å². The van der Waals surface area contributed by atoms with E-state index >= 15 is 0 Å². The van der Waals surface area contributed by atoms with Crippen molar-refractivity contribution >= 4 is 28.7 Å². The van der Waals surface area contributed by atoms with Gasteiger partial charge in [-0.3, -0.25) is 0 Å². The molecule has 0 aliphatic carbocycles. The normalized spacial score (nSPS) is 19.8. The summed E-state index contributed by atoms with van der Waals surface area (Å²) in [4.78, 5) is 16.8. The molecule has 1 aliphatic rings. The number of hydrogen-bond acceptors (Lipinski definition) is 3. The van der Waals surface area contributed by atoms with E-state index in [1.54, 1.807) is 0 Å². The lowest BCUT2D eigenvalue weighted by Crippen LogP contribution is -2.29. The number of cyclic esters (lactones) is 1. The molecule has 1 fully saturated rings. The number of hydroxylamine groups is 2. The summed E-state index contributed by atoms with van der Waals surface area (Å²) in [5.74, 6) is 0.650. The number of carbonyl (C=O) groups is 1. The minimum atomic E-state index is -0.415. The molecule has 1 heterocycles. The maximum absolute atomic E-state index is 11.4. The number of halogens is 1. The van der Waals surface area contributed by atoms with Crippen LogP contribution in [0.2, 0.25) is 0 Å². The molecule has 1 aliphatic heterocycles. The Morgan fingerprint density at radius 3 is 2.75 bits per heavy atom. The first-order valence-electron chi connectivity index (χ1n) is 4.98. The largest absolute Gasteiger partial charge is 0.443 e. The van der Waals surface area contributed by atoms with Crippen molar-refractivity contribution in [2.45, 2.75) is 13.0 Å². The third-order valence-electron chi connectivity index (χ3n) is 2.25. The Labute approximate surface area is 108 Å². The highest BCUT2D eigenvalue weighted by atomic mass is 127. The highest BCUT2D eigenvalue weighted by molar-refractivity contribution is 14.1. The smallest absolute Gasteiger partial charge is 0.441 e. The summed E-state index contributed by atoms with van der Waals surface area (Å²) in [5.41, 5.74) is 1.15. The summed E-state index contributed by atoms with van der Waals surface area (Å²) in [5, 5.41) is 1.26. The molecule has 1 saturated heterocycles. The van der Waals surface area contributed by atoms with Crippen molar-refractivity contribution in [2.75, 3.05) is 11.0 Å². The van der Waals surface area contributed by atoms with Gasteiger partial charge in [0.15, 0.2) is 5.75 Å². The van der Waals surface area contributed by atoms with Gasteiger partial charge in [0, 0.05) is 4.43 Å². The van der Waals surface area contributed by atoms with E-state index in [-0.39, 0.29) is 6.10 Å². The molecule has 0 N–H and O–H groups in total.